The maximum atomic E-state index is 12.8. The van der Waals surface area contributed by atoms with Crippen molar-refractivity contribution >= 4 is 46.5 Å². The fourth-order valence-corrected chi connectivity index (χ4v) is 3.20. The predicted molar refractivity (Wildman–Crippen MR) is 105 cm³/mol. The summed E-state index contributed by atoms with van der Waals surface area (Å²) < 4.78 is 10.2. The average molecular weight is 409 g/mol. The van der Waals surface area contributed by atoms with Crippen molar-refractivity contribution < 1.29 is 19.1 Å². The first-order valence-electron chi connectivity index (χ1n) is 8.31. The lowest BCUT2D eigenvalue weighted by Crippen LogP contribution is -2.36. The van der Waals surface area contributed by atoms with Crippen molar-refractivity contribution in [3.63, 3.8) is 0 Å². The highest BCUT2D eigenvalue weighted by Crippen LogP contribution is 2.30. The molecule has 1 aliphatic heterocycles. The van der Waals surface area contributed by atoms with Gasteiger partial charge in [-0.1, -0.05) is 23.2 Å². The van der Waals surface area contributed by atoms with Crippen LogP contribution in [0.5, 0.6) is 0 Å². The van der Waals surface area contributed by atoms with Crippen molar-refractivity contribution in [2.75, 3.05) is 43.6 Å². The number of halogens is 2. The van der Waals surface area contributed by atoms with Crippen LogP contribution in [0.4, 0.5) is 11.4 Å². The van der Waals surface area contributed by atoms with Gasteiger partial charge in [0.25, 0.3) is 5.91 Å². The molecule has 0 radical (unpaired) electrons. The molecule has 0 unspecified atom stereocenters. The summed E-state index contributed by atoms with van der Waals surface area (Å²) in [7, 11) is 1.31. The second-order valence-electron chi connectivity index (χ2n) is 5.90. The predicted octanol–water partition coefficient (Wildman–Crippen LogP) is 3.87. The highest BCUT2D eigenvalue weighted by atomic mass is 35.5. The summed E-state index contributed by atoms with van der Waals surface area (Å²) in [4.78, 5) is 26.7. The van der Waals surface area contributed by atoms with Crippen molar-refractivity contribution in [2.45, 2.75) is 0 Å². The number of hydrogen-bond donors (Lipinski definition) is 1. The molecule has 6 nitrogen and oxygen atoms in total. The quantitative estimate of drug-likeness (QED) is 0.777. The molecule has 0 spiro atoms. The summed E-state index contributed by atoms with van der Waals surface area (Å²) in [5, 5.41) is 3.53. The van der Waals surface area contributed by atoms with Gasteiger partial charge < -0.3 is 19.7 Å². The highest BCUT2D eigenvalue weighted by Gasteiger charge is 2.20. The van der Waals surface area contributed by atoms with Crippen LogP contribution in [0, 0.1) is 0 Å². The average Bonchev–Trinajstić information content (AvgIpc) is 2.69. The van der Waals surface area contributed by atoms with Gasteiger partial charge in [-0.3, -0.25) is 4.79 Å². The molecule has 1 heterocycles. The van der Waals surface area contributed by atoms with Gasteiger partial charge in [-0.2, -0.15) is 0 Å². The normalized spacial score (nSPS) is 14.0. The molecule has 3 rings (SSSR count). The van der Waals surface area contributed by atoms with Crippen molar-refractivity contribution in [2.24, 2.45) is 0 Å². The van der Waals surface area contributed by atoms with Gasteiger partial charge in [-0.25, -0.2) is 4.79 Å². The van der Waals surface area contributed by atoms with Gasteiger partial charge in [0, 0.05) is 18.1 Å². The third-order valence-electron chi connectivity index (χ3n) is 4.19. The van der Waals surface area contributed by atoms with E-state index in [9.17, 15) is 9.59 Å². The molecule has 1 N–H and O–H groups in total. The van der Waals surface area contributed by atoms with Gasteiger partial charge in [-0.05, 0) is 36.4 Å². The van der Waals surface area contributed by atoms with Gasteiger partial charge >= 0.3 is 5.97 Å². The van der Waals surface area contributed by atoms with Crippen LogP contribution < -0.4 is 10.2 Å². The number of morpholine rings is 1. The minimum absolute atomic E-state index is 0.251. The number of rotatable bonds is 4. The van der Waals surface area contributed by atoms with E-state index in [0.717, 1.165) is 5.69 Å². The summed E-state index contributed by atoms with van der Waals surface area (Å²) in [6.45, 7) is 2.54. The Hall–Kier alpha value is -2.28. The third-order valence-corrected chi connectivity index (χ3v) is 4.76. The van der Waals surface area contributed by atoms with Crippen LogP contribution in [-0.2, 0) is 9.47 Å². The Morgan fingerprint density at radius 3 is 2.56 bits per heavy atom. The number of esters is 1. The first-order valence-corrected chi connectivity index (χ1v) is 9.06. The summed E-state index contributed by atoms with van der Waals surface area (Å²) in [5.74, 6) is -0.904. The van der Waals surface area contributed by atoms with E-state index in [-0.39, 0.29) is 10.6 Å². The molecule has 0 atom stereocenters. The number of hydrogen-bond acceptors (Lipinski definition) is 5. The zero-order valence-corrected chi connectivity index (χ0v) is 16.1. The van der Waals surface area contributed by atoms with Gasteiger partial charge in [0.2, 0.25) is 0 Å². The second kappa shape index (κ2) is 8.61. The van der Waals surface area contributed by atoms with Crippen LogP contribution in [0.25, 0.3) is 0 Å². The highest BCUT2D eigenvalue weighted by molar-refractivity contribution is 6.36. The van der Waals surface area contributed by atoms with E-state index < -0.39 is 11.9 Å². The summed E-state index contributed by atoms with van der Waals surface area (Å²) >= 11 is 12.1. The third kappa shape index (κ3) is 4.53. The van der Waals surface area contributed by atoms with E-state index in [1.54, 1.807) is 30.3 Å². The number of ether oxygens (including phenoxy) is 2. The molecule has 0 saturated carbocycles. The Morgan fingerprint density at radius 2 is 1.85 bits per heavy atom. The fourth-order valence-electron chi connectivity index (χ4n) is 2.82. The number of benzene rings is 2. The largest absolute Gasteiger partial charge is 0.465 e. The Balaban J connectivity index is 1.96. The standard InChI is InChI=1S/C19H18Cl2N2O4/c1-26-19(25)12-2-5-17(23-6-8-27-9-7-23)16(10-12)22-18(24)14-11-13(20)3-4-15(14)21/h2-5,10-11H,6-9H2,1H3,(H,22,24). The van der Waals surface area contributed by atoms with Crippen LogP contribution in [0.1, 0.15) is 20.7 Å². The maximum absolute atomic E-state index is 12.8. The van der Waals surface area contributed by atoms with Crippen LogP contribution in [-0.4, -0.2) is 45.3 Å². The summed E-state index contributed by atoms with van der Waals surface area (Å²) in [5.41, 5.74) is 1.86. The Bertz CT molecular complexity index is 867. The van der Waals surface area contributed by atoms with Crippen LogP contribution >= 0.6 is 23.2 Å². The molecule has 2 aromatic carbocycles. The van der Waals surface area contributed by atoms with Gasteiger partial charge in [0.1, 0.15) is 0 Å². The molecule has 0 aliphatic carbocycles. The van der Waals surface area contributed by atoms with Crippen molar-refractivity contribution in [3.8, 4) is 0 Å². The molecule has 27 heavy (non-hydrogen) atoms. The molecule has 1 amide bonds. The van der Waals surface area contributed by atoms with Crippen molar-refractivity contribution in [1.82, 2.24) is 0 Å². The van der Waals surface area contributed by atoms with Crippen LogP contribution in [0.2, 0.25) is 10.0 Å². The maximum Gasteiger partial charge on any atom is 0.337 e. The molecule has 0 bridgehead atoms. The lowest BCUT2D eigenvalue weighted by atomic mass is 10.1. The van der Waals surface area contributed by atoms with E-state index in [4.69, 9.17) is 32.7 Å². The van der Waals surface area contributed by atoms with E-state index in [0.29, 0.717) is 42.6 Å². The molecule has 0 aromatic heterocycles. The van der Waals surface area contributed by atoms with Crippen LogP contribution in [0.3, 0.4) is 0 Å². The first kappa shape index (κ1) is 19.5. The molecule has 1 aliphatic rings. The SMILES string of the molecule is COC(=O)c1ccc(N2CCOCC2)c(NC(=O)c2cc(Cl)ccc2Cl)c1. The summed E-state index contributed by atoms with van der Waals surface area (Å²) in [6, 6.07) is 9.71. The number of methoxy groups -OCH3 is 1. The summed E-state index contributed by atoms with van der Waals surface area (Å²) in [6.07, 6.45) is 0. The van der Waals surface area contributed by atoms with E-state index in [1.165, 1.54) is 13.2 Å². The fraction of sp³-hybridized carbons (Fsp3) is 0.263. The molecule has 8 heteroatoms. The number of nitrogens with zero attached hydrogens (tertiary/aromatic N) is 1. The lowest BCUT2D eigenvalue weighted by molar-refractivity contribution is 0.0600. The number of nitrogens with one attached hydrogen (secondary N) is 1. The minimum Gasteiger partial charge on any atom is -0.465 e. The smallest absolute Gasteiger partial charge is 0.337 e. The molecule has 1 fully saturated rings. The molecule has 142 valence electrons. The van der Waals surface area contributed by atoms with Crippen molar-refractivity contribution in [1.29, 1.82) is 0 Å². The molecule has 2 aromatic rings. The van der Waals surface area contributed by atoms with Crippen molar-refractivity contribution in [3.05, 3.63) is 57.6 Å². The Labute approximate surface area is 167 Å². The van der Waals surface area contributed by atoms with Gasteiger partial charge in [0.05, 0.1) is 47.8 Å². The molecular formula is C19H18Cl2N2O4. The number of anilines is 2. The number of carbonyl (C=O) groups excluding carboxylic acids is 2. The monoisotopic (exact) mass is 408 g/mol. The molecular weight excluding hydrogens is 391 g/mol. The van der Waals surface area contributed by atoms with Gasteiger partial charge in [-0.15, -0.1) is 0 Å². The van der Waals surface area contributed by atoms with E-state index in [2.05, 4.69) is 10.2 Å². The number of amides is 1. The Kier molecular flexibility index (Phi) is 6.21. The van der Waals surface area contributed by atoms with Gasteiger partial charge in [0.15, 0.2) is 0 Å². The van der Waals surface area contributed by atoms with E-state index >= 15 is 0 Å². The number of carbonyl (C=O) groups is 2. The lowest BCUT2D eigenvalue weighted by Gasteiger charge is -2.30. The zero-order valence-electron chi connectivity index (χ0n) is 14.6. The Morgan fingerprint density at radius 1 is 1.11 bits per heavy atom. The first-order chi connectivity index (χ1) is 13.0. The minimum atomic E-state index is -0.486. The molecule has 1 saturated heterocycles. The zero-order chi connectivity index (χ0) is 19.4. The second-order valence-corrected chi connectivity index (χ2v) is 6.74. The van der Waals surface area contributed by atoms with E-state index in [1.807, 2.05) is 0 Å². The topological polar surface area (TPSA) is 67.9 Å². The van der Waals surface area contributed by atoms with Crippen LogP contribution in [0.15, 0.2) is 36.4 Å².